The maximum Gasteiger partial charge on any atom is 0.128 e. The molecule has 118 valence electrons. The normalized spacial score (nSPS) is 10.7. The zero-order chi connectivity index (χ0) is 16.4. The van der Waals surface area contributed by atoms with Crippen LogP contribution in [-0.4, -0.2) is 16.6 Å². The largest absolute Gasteiger partial charge is 0.507 e. The van der Waals surface area contributed by atoms with Gasteiger partial charge in [0.2, 0.25) is 0 Å². The number of nitrogens with zero attached hydrogens (tertiary/aromatic N) is 1. The van der Waals surface area contributed by atoms with Crippen molar-refractivity contribution in [3.8, 4) is 33.9 Å². The summed E-state index contributed by atoms with van der Waals surface area (Å²) in [7, 11) is 1.61. The Kier molecular flexibility index (Phi) is 4.55. The Labute approximate surface area is 144 Å². The highest BCUT2D eigenvalue weighted by Crippen LogP contribution is 2.40. The van der Waals surface area contributed by atoms with Crippen LogP contribution in [0.15, 0.2) is 41.8 Å². The fraction of sp³-hybridized carbons (Fsp3) is 0.167. The van der Waals surface area contributed by atoms with Crippen LogP contribution in [0.4, 0.5) is 0 Å². The summed E-state index contributed by atoms with van der Waals surface area (Å²) in [6.07, 6.45) is 0.816. The number of benzene rings is 2. The number of phenols is 1. The zero-order valence-corrected chi connectivity index (χ0v) is 14.4. The second kappa shape index (κ2) is 6.60. The van der Waals surface area contributed by atoms with Gasteiger partial charge < -0.3 is 9.84 Å². The first-order valence-electron chi connectivity index (χ1n) is 7.24. The minimum absolute atomic E-state index is 0.167. The van der Waals surface area contributed by atoms with Gasteiger partial charge >= 0.3 is 0 Å². The van der Waals surface area contributed by atoms with E-state index in [1.807, 2.05) is 35.7 Å². The Morgan fingerprint density at radius 2 is 1.91 bits per heavy atom. The number of ether oxygens (including phenoxy) is 1. The number of hydrogen-bond acceptors (Lipinski definition) is 4. The van der Waals surface area contributed by atoms with Gasteiger partial charge in [-0.2, -0.15) is 4.37 Å². The average molecular weight is 346 g/mol. The minimum atomic E-state index is 0.167. The van der Waals surface area contributed by atoms with Gasteiger partial charge in [0, 0.05) is 27.6 Å². The highest BCUT2D eigenvalue weighted by molar-refractivity contribution is 7.04. The van der Waals surface area contributed by atoms with E-state index in [2.05, 4.69) is 11.3 Å². The van der Waals surface area contributed by atoms with Crippen LogP contribution in [-0.2, 0) is 6.42 Å². The van der Waals surface area contributed by atoms with E-state index < -0.39 is 0 Å². The van der Waals surface area contributed by atoms with E-state index in [1.165, 1.54) is 11.5 Å². The van der Waals surface area contributed by atoms with Crippen molar-refractivity contribution < 1.29 is 9.84 Å². The van der Waals surface area contributed by atoms with Gasteiger partial charge in [0.25, 0.3) is 0 Å². The van der Waals surface area contributed by atoms with Crippen LogP contribution in [0.5, 0.6) is 11.5 Å². The summed E-state index contributed by atoms with van der Waals surface area (Å²) in [5, 5.41) is 13.1. The summed E-state index contributed by atoms with van der Waals surface area (Å²) in [5.41, 5.74) is 4.52. The smallest absolute Gasteiger partial charge is 0.128 e. The third-order valence-corrected chi connectivity index (χ3v) is 4.64. The zero-order valence-electron chi connectivity index (χ0n) is 12.8. The Bertz CT molecular complexity index is 828. The lowest BCUT2D eigenvalue weighted by Gasteiger charge is -2.12. The Morgan fingerprint density at radius 1 is 1.17 bits per heavy atom. The van der Waals surface area contributed by atoms with Crippen molar-refractivity contribution >= 4 is 23.1 Å². The number of phenolic OH excluding ortho intramolecular Hbond substituents is 1. The van der Waals surface area contributed by atoms with Gasteiger partial charge in [0.05, 0.1) is 12.8 Å². The van der Waals surface area contributed by atoms with E-state index in [-0.39, 0.29) is 5.75 Å². The molecule has 23 heavy (non-hydrogen) atoms. The molecular weight excluding hydrogens is 330 g/mol. The molecule has 3 aromatic rings. The van der Waals surface area contributed by atoms with E-state index in [0.717, 1.165) is 28.8 Å². The number of hydrogen-bond donors (Lipinski definition) is 1. The average Bonchev–Trinajstić information content (AvgIpc) is 3.04. The summed E-state index contributed by atoms with van der Waals surface area (Å²) in [4.78, 5) is 0. The molecule has 0 saturated heterocycles. The van der Waals surface area contributed by atoms with Crippen molar-refractivity contribution in [2.24, 2.45) is 0 Å². The second-order valence-corrected chi connectivity index (χ2v) is 6.18. The molecular formula is C18H16ClNO2S. The van der Waals surface area contributed by atoms with Gasteiger partial charge in [0.1, 0.15) is 11.5 Å². The fourth-order valence-corrected chi connectivity index (χ4v) is 3.37. The predicted molar refractivity (Wildman–Crippen MR) is 95.6 cm³/mol. The molecule has 0 aliphatic rings. The maximum absolute atomic E-state index is 10.4. The Morgan fingerprint density at radius 3 is 2.57 bits per heavy atom. The molecule has 0 amide bonds. The van der Waals surface area contributed by atoms with Gasteiger partial charge in [-0.05, 0) is 47.3 Å². The molecule has 2 aromatic carbocycles. The van der Waals surface area contributed by atoms with Crippen LogP contribution < -0.4 is 4.74 Å². The third kappa shape index (κ3) is 3.05. The van der Waals surface area contributed by atoms with Crippen LogP contribution in [0.25, 0.3) is 22.4 Å². The monoisotopic (exact) mass is 345 g/mol. The lowest BCUT2D eigenvalue weighted by Crippen LogP contribution is -1.93. The molecule has 0 unspecified atom stereocenters. The SMILES string of the molecule is CCc1cc(-c2nscc2-c2ccc(Cl)cc2)c(O)cc1OC. The summed E-state index contributed by atoms with van der Waals surface area (Å²) < 4.78 is 9.81. The lowest BCUT2D eigenvalue weighted by molar-refractivity contribution is 0.403. The Balaban J connectivity index is 2.13. The molecule has 0 bridgehead atoms. The van der Waals surface area contributed by atoms with Crippen LogP contribution in [0.2, 0.25) is 5.02 Å². The predicted octanol–water partition coefficient (Wildman–Crippen LogP) is 5.41. The summed E-state index contributed by atoms with van der Waals surface area (Å²) in [6.45, 7) is 2.06. The molecule has 0 spiro atoms. The Hall–Kier alpha value is -2.04. The first kappa shape index (κ1) is 15.8. The van der Waals surface area contributed by atoms with Gasteiger partial charge in [-0.1, -0.05) is 30.7 Å². The molecule has 3 rings (SSSR count). The van der Waals surface area contributed by atoms with Crippen molar-refractivity contribution in [3.05, 3.63) is 52.4 Å². The van der Waals surface area contributed by atoms with Crippen molar-refractivity contribution in [2.45, 2.75) is 13.3 Å². The molecule has 1 heterocycles. The fourth-order valence-electron chi connectivity index (χ4n) is 2.54. The molecule has 1 aromatic heterocycles. The number of rotatable bonds is 4. The van der Waals surface area contributed by atoms with Crippen LogP contribution in [0.1, 0.15) is 12.5 Å². The number of halogens is 1. The minimum Gasteiger partial charge on any atom is -0.507 e. The summed E-state index contributed by atoms with van der Waals surface area (Å²) in [5.74, 6) is 0.859. The molecule has 0 saturated carbocycles. The van der Waals surface area contributed by atoms with Gasteiger partial charge in [-0.3, -0.25) is 0 Å². The standard InChI is InChI=1S/C18H16ClNO2S/c1-3-11-8-14(16(21)9-17(11)22-2)18-15(10-23-20-18)12-4-6-13(19)7-5-12/h4-10,21H,3H2,1-2H3. The lowest BCUT2D eigenvalue weighted by atomic mass is 9.98. The van der Waals surface area contributed by atoms with Crippen LogP contribution >= 0.6 is 23.1 Å². The van der Waals surface area contributed by atoms with E-state index in [0.29, 0.717) is 16.3 Å². The second-order valence-electron chi connectivity index (χ2n) is 5.12. The van der Waals surface area contributed by atoms with Crippen LogP contribution in [0.3, 0.4) is 0 Å². The number of aromatic hydroxyl groups is 1. The highest BCUT2D eigenvalue weighted by Gasteiger charge is 2.17. The van der Waals surface area contributed by atoms with E-state index in [1.54, 1.807) is 13.2 Å². The molecule has 0 aliphatic carbocycles. The first-order chi connectivity index (χ1) is 11.1. The number of aromatic nitrogens is 1. The molecule has 0 atom stereocenters. The van der Waals surface area contributed by atoms with Crippen LogP contribution in [0, 0.1) is 0 Å². The van der Waals surface area contributed by atoms with Crippen molar-refractivity contribution in [1.82, 2.24) is 4.37 Å². The van der Waals surface area contributed by atoms with E-state index in [9.17, 15) is 5.11 Å². The number of methoxy groups -OCH3 is 1. The van der Waals surface area contributed by atoms with Gasteiger partial charge in [-0.15, -0.1) is 0 Å². The molecule has 0 aliphatic heterocycles. The first-order valence-corrected chi connectivity index (χ1v) is 8.46. The van der Waals surface area contributed by atoms with E-state index >= 15 is 0 Å². The summed E-state index contributed by atoms with van der Waals surface area (Å²) in [6, 6.07) is 11.2. The van der Waals surface area contributed by atoms with Gasteiger partial charge in [0.15, 0.2) is 0 Å². The number of aryl methyl sites for hydroxylation is 1. The molecule has 1 N–H and O–H groups in total. The third-order valence-electron chi connectivity index (χ3n) is 3.76. The van der Waals surface area contributed by atoms with Crippen molar-refractivity contribution in [2.75, 3.05) is 7.11 Å². The molecule has 5 heteroatoms. The topological polar surface area (TPSA) is 42.4 Å². The van der Waals surface area contributed by atoms with Crippen molar-refractivity contribution in [1.29, 1.82) is 0 Å². The molecule has 3 nitrogen and oxygen atoms in total. The quantitative estimate of drug-likeness (QED) is 0.687. The maximum atomic E-state index is 10.4. The molecule has 0 radical (unpaired) electrons. The van der Waals surface area contributed by atoms with Crippen molar-refractivity contribution in [3.63, 3.8) is 0 Å². The summed E-state index contributed by atoms with van der Waals surface area (Å²) >= 11 is 7.33. The van der Waals surface area contributed by atoms with Gasteiger partial charge in [-0.25, -0.2) is 0 Å². The van der Waals surface area contributed by atoms with E-state index in [4.69, 9.17) is 16.3 Å². The molecule has 0 fully saturated rings. The highest BCUT2D eigenvalue weighted by atomic mass is 35.5.